The highest BCUT2D eigenvalue weighted by Crippen LogP contribution is 2.51. The van der Waals surface area contributed by atoms with Gasteiger partial charge in [0.1, 0.15) is 0 Å². The van der Waals surface area contributed by atoms with Crippen LogP contribution in [0.4, 0.5) is 0 Å². The van der Waals surface area contributed by atoms with Gasteiger partial charge in [-0.05, 0) is 62.2 Å². The van der Waals surface area contributed by atoms with E-state index in [0.717, 1.165) is 24.2 Å². The maximum absolute atomic E-state index is 10.00. The molecule has 86 valence electrons. The molecule has 0 heterocycles. The largest absolute Gasteiger partial charge is 0.393 e. The maximum Gasteiger partial charge on any atom is 0.0568 e. The maximum atomic E-state index is 10.00. The molecular weight excluding hydrogens is 184 g/mol. The van der Waals surface area contributed by atoms with Crippen LogP contribution < -0.4 is 0 Å². The summed E-state index contributed by atoms with van der Waals surface area (Å²) in [6, 6.07) is 0. The zero-order chi connectivity index (χ0) is 10.3. The van der Waals surface area contributed by atoms with Crippen LogP contribution in [0.3, 0.4) is 0 Å². The third kappa shape index (κ3) is 1.95. The molecule has 15 heavy (non-hydrogen) atoms. The van der Waals surface area contributed by atoms with Gasteiger partial charge in [0.15, 0.2) is 0 Å². The third-order valence-electron chi connectivity index (χ3n) is 5.36. The van der Waals surface area contributed by atoms with Gasteiger partial charge in [-0.3, -0.25) is 0 Å². The van der Waals surface area contributed by atoms with Crippen LogP contribution in [-0.4, -0.2) is 11.2 Å². The van der Waals surface area contributed by atoms with Gasteiger partial charge in [-0.1, -0.05) is 19.3 Å². The lowest BCUT2D eigenvalue weighted by atomic mass is 9.76. The van der Waals surface area contributed by atoms with Crippen LogP contribution in [0.2, 0.25) is 0 Å². The number of hydrogen-bond acceptors (Lipinski definition) is 1. The Bertz CT molecular complexity index is 225. The Morgan fingerprint density at radius 1 is 0.867 bits per heavy atom. The lowest BCUT2D eigenvalue weighted by molar-refractivity contribution is 0.0501. The Balaban J connectivity index is 1.56. The molecule has 0 spiro atoms. The SMILES string of the molecule is OC1CCCCC1CC1CC2CCC1C2. The van der Waals surface area contributed by atoms with Crippen LogP contribution in [0.1, 0.15) is 57.8 Å². The minimum absolute atomic E-state index is 0.0397. The Hall–Kier alpha value is -0.0400. The van der Waals surface area contributed by atoms with Crippen molar-refractivity contribution in [3.63, 3.8) is 0 Å². The van der Waals surface area contributed by atoms with Crippen molar-refractivity contribution in [2.45, 2.75) is 63.9 Å². The van der Waals surface area contributed by atoms with E-state index >= 15 is 0 Å². The van der Waals surface area contributed by atoms with Crippen molar-refractivity contribution in [1.82, 2.24) is 0 Å². The van der Waals surface area contributed by atoms with Crippen molar-refractivity contribution in [3.8, 4) is 0 Å². The molecule has 3 saturated carbocycles. The summed E-state index contributed by atoms with van der Waals surface area (Å²) in [5.74, 6) is 3.76. The Morgan fingerprint density at radius 2 is 1.73 bits per heavy atom. The fourth-order valence-electron chi connectivity index (χ4n) is 4.52. The molecule has 3 aliphatic carbocycles. The summed E-state index contributed by atoms with van der Waals surface area (Å²) >= 11 is 0. The van der Waals surface area contributed by atoms with E-state index in [1.54, 1.807) is 0 Å². The van der Waals surface area contributed by atoms with Crippen LogP contribution in [-0.2, 0) is 0 Å². The van der Waals surface area contributed by atoms with Gasteiger partial charge in [0.2, 0.25) is 0 Å². The van der Waals surface area contributed by atoms with Gasteiger partial charge in [0.25, 0.3) is 0 Å². The summed E-state index contributed by atoms with van der Waals surface area (Å²) in [7, 11) is 0. The predicted molar refractivity (Wildman–Crippen MR) is 61.5 cm³/mol. The topological polar surface area (TPSA) is 20.2 Å². The van der Waals surface area contributed by atoms with E-state index in [-0.39, 0.29) is 6.10 Å². The number of rotatable bonds is 2. The molecule has 0 saturated heterocycles. The fraction of sp³-hybridized carbons (Fsp3) is 1.00. The van der Waals surface area contributed by atoms with Crippen molar-refractivity contribution in [2.24, 2.45) is 23.7 Å². The molecular formula is C14H24O. The number of fused-ring (bicyclic) bond motifs is 2. The molecule has 0 aliphatic heterocycles. The van der Waals surface area contributed by atoms with Gasteiger partial charge in [-0.25, -0.2) is 0 Å². The summed E-state index contributed by atoms with van der Waals surface area (Å²) in [5, 5.41) is 10.00. The average Bonchev–Trinajstić information content (AvgIpc) is 2.83. The van der Waals surface area contributed by atoms with Crippen molar-refractivity contribution >= 4 is 0 Å². The lowest BCUT2D eigenvalue weighted by Gasteiger charge is -2.32. The van der Waals surface area contributed by atoms with E-state index in [4.69, 9.17) is 0 Å². The van der Waals surface area contributed by atoms with Gasteiger partial charge >= 0.3 is 0 Å². The fourth-order valence-corrected chi connectivity index (χ4v) is 4.52. The highest BCUT2D eigenvalue weighted by molar-refractivity contribution is 4.91. The van der Waals surface area contributed by atoms with Gasteiger partial charge in [-0.15, -0.1) is 0 Å². The molecule has 0 aromatic rings. The molecule has 1 N–H and O–H groups in total. The molecule has 0 amide bonds. The Labute approximate surface area is 93.3 Å². The van der Waals surface area contributed by atoms with Crippen LogP contribution in [0.25, 0.3) is 0 Å². The second-order valence-corrected chi connectivity index (χ2v) is 6.28. The van der Waals surface area contributed by atoms with E-state index in [1.807, 2.05) is 0 Å². The third-order valence-corrected chi connectivity index (χ3v) is 5.36. The summed E-state index contributed by atoms with van der Waals surface area (Å²) < 4.78 is 0. The molecule has 3 rings (SSSR count). The van der Waals surface area contributed by atoms with Crippen molar-refractivity contribution < 1.29 is 5.11 Å². The first-order chi connectivity index (χ1) is 7.33. The normalized spacial score (nSPS) is 49.8. The second kappa shape index (κ2) is 4.08. The van der Waals surface area contributed by atoms with Crippen LogP contribution in [0.5, 0.6) is 0 Å². The zero-order valence-electron chi connectivity index (χ0n) is 9.70. The van der Waals surface area contributed by atoms with E-state index in [2.05, 4.69) is 0 Å². The molecule has 0 aromatic carbocycles. The number of aliphatic hydroxyl groups is 1. The summed E-state index contributed by atoms with van der Waals surface area (Å²) in [6.45, 7) is 0. The van der Waals surface area contributed by atoms with Gasteiger partial charge in [-0.2, -0.15) is 0 Å². The van der Waals surface area contributed by atoms with E-state index in [1.165, 1.54) is 51.4 Å². The Kier molecular flexibility index (Phi) is 2.76. The molecule has 3 aliphatic rings. The highest BCUT2D eigenvalue weighted by atomic mass is 16.3. The lowest BCUT2D eigenvalue weighted by Crippen LogP contribution is -2.27. The van der Waals surface area contributed by atoms with E-state index < -0.39 is 0 Å². The number of hydrogen-bond donors (Lipinski definition) is 1. The van der Waals surface area contributed by atoms with Crippen LogP contribution in [0, 0.1) is 23.7 Å². The monoisotopic (exact) mass is 208 g/mol. The standard InChI is InChI=1S/C14H24O/c15-14-4-2-1-3-12(14)9-13-8-10-5-6-11(13)7-10/h10-15H,1-9H2. The molecule has 1 heteroatoms. The first kappa shape index (κ1) is 10.1. The van der Waals surface area contributed by atoms with Crippen molar-refractivity contribution in [2.75, 3.05) is 0 Å². The molecule has 0 aromatic heterocycles. The summed E-state index contributed by atoms with van der Waals surface area (Å²) in [4.78, 5) is 0. The minimum Gasteiger partial charge on any atom is -0.393 e. The summed E-state index contributed by atoms with van der Waals surface area (Å²) in [6.07, 6.45) is 12.4. The molecule has 0 radical (unpaired) electrons. The van der Waals surface area contributed by atoms with E-state index in [9.17, 15) is 5.11 Å². The average molecular weight is 208 g/mol. The molecule has 1 nitrogen and oxygen atoms in total. The van der Waals surface area contributed by atoms with Crippen molar-refractivity contribution in [1.29, 1.82) is 0 Å². The van der Waals surface area contributed by atoms with Crippen LogP contribution >= 0.6 is 0 Å². The second-order valence-electron chi connectivity index (χ2n) is 6.28. The van der Waals surface area contributed by atoms with E-state index in [0.29, 0.717) is 5.92 Å². The van der Waals surface area contributed by atoms with Gasteiger partial charge < -0.3 is 5.11 Å². The summed E-state index contributed by atoms with van der Waals surface area (Å²) in [5.41, 5.74) is 0. The minimum atomic E-state index is 0.0397. The van der Waals surface area contributed by atoms with Gasteiger partial charge in [0.05, 0.1) is 6.10 Å². The zero-order valence-corrected chi connectivity index (χ0v) is 9.70. The molecule has 5 atom stereocenters. The first-order valence-electron chi connectivity index (χ1n) is 7.01. The molecule has 2 bridgehead atoms. The van der Waals surface area contributed by atoms with Crippen molar-refractivity contribution in [3.05, 3.63) is 0 Å². The van der Waals surface area contributed by atoms with Gasteiger partial charge in [0, 0.05) is 0 Å². The predicted octanol–water partition coefficient (Wildman–Crippen LogP) is 3.36. The smallest absolute Gasteiger partial charge is 0.0568 e. The highest BCUT2D eigenvalue weighted by Gasteiger charge is 2.41. The quantitative estimate of drug-likeness (QED) is 0.737. The van der Waals surface area contributed by atoms with Crippen LogP contribution in [0.15, 0.2) is 0 Å². The first-order valence-corrected chi connectivity index (χ1v) is 7.01. The molecule has 5 unspecified atom stereocenters. The Morgan fingerprint density at radius 3 is 2.40 bits per heavy atom. The molecule has 3 fully saturated rings. The number of aliphatic hydroxyl groups excluding tert-OH is 1.